The summed E-state index contributed by atoms with van der Waals surface area (Å²) in [5.41, 5.74) is 1.91. The molecule has 3 aliphatic heterocycles. The van der Waals surface area contributed by atoms with Crippen LogP contribution in [0.25, 0.3) is 0 Å². The van der Waals surface area contributed by atoms with Crippen molar-refractivity contribution in [2.45, 2.75) is 44.2 Å². The van der Waals surface area contributed by atoms with Crippen molar-refractivity contribution in [3.8, 4) is 5.75 Å². The molecule has 2 atom stereocenters. The Labute approximate surface area is 137 Å². The number of fused-ring (bicyclic) bond motifs is 3. The average Bonchev–Trinajstić information content (AvgIpc) is 2.87. The van der Waals surface area contributed by atoms with Crippen LogP contribution in [-0.4, -0.2) is 38.2 Å². The molecule has 0 aliphatic carbocycles. The molecule has 0 radical (unpaired) electrons. The Morgan fingerprint density at radius 2 is 2.13 bits per heavy atom. The van der Waals surface area contributed by atoms with E-state index < -0.39 is 0 Å². The number of hydrogen-bond donors (Lipinski definition) is 2. The van der Waals surface area contributed by atoms with Crippen molar-refractivity contribution in [3.05, 3.63) is 18.2 Å². The molecular formula is C18H25N3O2. The molecule has 1 aromatic carbocycles. The molecule has 1 aromatic rings. The average molecular weight is 315 g/mol. The van der Waals surface area contributed by atoms with Gasteiger partial charge in [0.15, 0.2) is 0 Å². The zero-order chi connectivity index (χ0) is 15.8. The highest BCUT2D eigenvalue weighted by molar-refractivity contribution is 5.91. The molecule has 0 aromatic heterocycles. The topological polar surface area (TPSA) is 53.6 Å². The molecule has 0 spiro atoms. The van der Waals surface area contributed by atoms with Gasteiger partial charge in [0.05, 0.1) is 12.2 Å². The normalized spacial score (nSPS) is 28.9. The number of anilines is 2. The molecule has 0 saturated carbocycles. The summed E-state index contributed by atoms with van der Waals surface area (Å²) in [4.78, 5) is 14.6. The number of amides is 1. The van der Waals surface area contributed by atoms with Gasteiger partial charge in [-0.15, -0.1) is 0 Å². The van der Waals surface area contributed by atoms with Crippen LogP contribution in [0.4, 0.5) is 11.4 Å². The van der Waals surface area contributed by atoms with Gasteiger partial charge in [-0.1, -0.05) is 0 Å². The van der Waals surface area contributed by atoms with Crippen molar-refractivity contribution in [3.63, 3.8) is 0 Å². The van der Waals surface area contributed by atoms with E-state index >= 15 is 0 Å². The van der Waals surface area contributed by atoms with Gasteiger partial charge in [-0.25, -0.2) is 0 Å². The summed E-state index contributed by atoms with van der Waals surface area (Å²) in [6.07, 6.45) is 5.48. The largest absolute Gasteiger partial charge is 0.490 e. The van der Waals surface area contributed by atoms with Crippen molar-refractivity contribution in [1.29, 1.82) is 0 Å². The van der Waals surface area contributed by atoms with Gasteiger partial charge in [0.2, 0.25) is 5.91 Å². The minimum atomic E-state index is 0.135. The van der Waals surface area contributed by atoms with Gasteiger partial charge in [0, 0.05) is 31.2 Å². The minimum absolute atomic E-state index is 0.135. The van der Waals surface area contributed by atoms with Crippen LogP contribution in [0.1, 0.15) is 32.1 Å². The SMILES string of the molecule is CN1CCOc2ccc(NC(=O)CC3CC4CCC(C3)N4)cc21. The van der Waals surface area contributed by atoms with Gasteiger partial charge < -0.3 is 20.3 Å². The molecule has 1 amide bonds. The standard InChI is InChI=1S/C18H25N3O2/c1-21-6-7-23-17-5-4-15(11-16(17)21)20-18(22)10-12-8-13-2-3-14(9-12)19-13/h4-5,11-14,19H,2-3,6-10H2,1H3,(H,20,22). The van der Waals surface area contributed by atoms with Crippen LogP contribution in [0.5, 0.6) is 5.75 Å². The second kappa shape index (κ2) is 6.04. The summed E-state index contributed by atoms with van der Waals surface area (Å²) in [5.74, 6) is 1.56. The maximum atomic E-state index is 12.4. The van der Waals surface area contributed by atoms with E-state index in [2.05, 4.69) is 22.6 Å². The fourth-order valence-corrected chi connectivity index (χ4v) is 4.24. The molecule has 2 bridgehead atoms. The molecule has 124 valence electrons. The van der Waals surface area contributed by atoms with E-state index in [1.165, 1.54) is 12.8 Å². The Morgan fingerprint density at radius 1 is 1.35 bits per heavy atom. The Morgan fingerprint density at radius 3 is 2.91 bits per heavy atom. The monoisotopic (exact) mass is 315 g/mol. The molecule has 3 aliphatic rings. The van der Waals surface area contributed by atoms with E-state index in [9.17, 15) is 4.79 Å². The highest BCUT2D eigenvalue weighted by Gasteiger charge is 2.34. The van der Waals surface area contributed by atoms with Crippen molar-refractivity contribution in [2.24, 2.45) is 5.92 Å². The van der Waals surface area contributed by atoms with E-state index in [0.29, 0.717) is 31.0 Å². The second-order valence-corrected chi connectivity index (χ2v) is 7.18. The van der Waals surface area contributed by atoms with Crippen LogP contribution < -0.4 is 20.3 Å². The zero-order valence-corrected chi connectivity index (χ0v) is 13.7. The van der Waals surface area contributed by atoms with Crippen LogP contribution in [-0.2, 0) is 4.79 Å². The zero-order valence-electron chi connectivity index (χ0n) is 13.7. The molecule has 2 N–H and O–H groups in total. The van der Waals surface area contributed by atoms with Crippen LogP contribution in [0.2, 0.25) is 0 Å². The number of nitrogens with one attached hydrogen (secondary N) is 2. The maximum Gasteiger partial charge on any atom is 0.224 e. The first-order chi connectivity index (χ1) is 11.2. The molecule has 2 saturated heterocycles. The lowest BCUT2D eigenvalue weighted by Gasteiger charge is -2.29. The summed E-state index contributed by atoms with van der Waals surface area (Å²) < 4.78 is 5.64. The number of carbonyl (C=O) groups is 1. The predicted octanol–water partition coefficient (Wildman–Crippen LogP) is 2.37. The third-order valence-electron chi connectivity index (χ3n) is 5.38. The Balaban J connectivity index is 1.38. The van der Waals surface area contributed by atoms with Crippen LogP contribution >= 0.6 is 0 Å². The van der Waals surface area contributed by atoms with Gasteiger partial charge in [0.1, 0.15) is 12.4 Å². The molecule has 5 heteroatoms. The Bertz CT molecular complexity index is 592. The summed E-state index contributed by atoms with van der Waals surface area (Å²) >= 11 is 0. The Hall–Kier alpha value is -1.75. The van der Waals surface area contributed by atoms with Gasteiger partial charge >= 0.3 is 0 Å². The predicted molar refractivity (Wildman–Crippen MR) is 91.1 cm³/mol. The highest BCUT2D eigenvalue weighted by Crippen LogP contribution is 2.34. The first kappa shape index (κ1) is 14.8. The molecule has 4 rings (SSSR count). The lowest BCUT2D eigenvalue weighted by atomic mass is 9.89. The van der Waals surface area contributed by atoms with Crippen molar-refractivity contribution < 1.29 is 9.53 Å². The van der Waals surface area contributed by atoms with E-state index in [0.717, 1.165) is 36.5 Å². The third-order valence-corrected chi connectivity index (χ3v) is 5.38. The first-order valence-electron chi connectivity index (χ1n) is 8.71. The molecule has 2 fully saturated rings. The fourth-order valence-electron chi connectivity index (χ4n) is 4.24. The van der Waals surface area contributed by atoms with Crippen LogP contribution in [0, 0.1) is 5.92 Å². The smallest absolute Gasteiger partial charge is 0.224 e. The summed E-state index contributed by atoms with van der Waals surface area (Å²) in [5, 5.41) is 6.70. The maximum absolute atomic E-state index is 12.4. The summed E-state index contributed by atoms with van der Waals surface area (Å²) in [6.45, 7) is 1.59. The van der Waals surface area contributed by atoms with E-state index in [-0.39, 0.29) is 5.91 Å². The van der Waals surface area contributed by atoms with Gasteiger partial charge in [-0.3, -0.25) is 4.79 Å². The summed E-state index contributed by atoms with van der Waals surface area (Å²) in [7, 11) is 2.05. The lowest BCUT2D eigenvalue weighted by molar-refractivity contribution is -0.117. The van der Waals surface area contributed by atoms with Crippen LogP contribution in [0.3, 0.4) is 0 Å². The Kier molecular flexibility index (Phi) is 3.89. The van der Waals surface area contributed by atoms with E-state index in [4.69, 9.17) is 4.74 Å². The number of hydrogen-bond acceptors (Lipinski definition) is 4. The van der Waals surface area contributed by atoms with Crippen molar-refractivity contribution in [2.75, 3.05) is 30.4 Å². The van der Waals surface area contributed by atoms with Gasteiger partial charge in [-0.2, -0.15) is 0 Å². The molecular weight excluding hydrogens is 290 g/mol. The van der Waals surface area contributed by atoms with Gasteiger partial charge in [-0.05, 0) is 49.8 Å². The fraction of sp³-hybridized carbons (Fsp3) is 0.611. The number of piperidine rings is 1. The van der Waals surface area contributed by atoms with Gasteiger partial charge in [0.25, 0.3) is 0 Å². The number of carbonyl (C=O) groups excluding carboxylic acids is 1. The van der Waals surface area contributed by atoms with E-state index in [1.807, 2.05) is 18.2 Å². The number of likely N-dealkylation sites (N-methyl/N-ethyl adjacent to an activating group) is 1. The third kappa shape index (κ3) is 3.15. The molecule has 2 unspecified atom stereocenters. The minimum Gasteiger partial charge on any atom is -0.490 e. The molecule has 23 heavy (non-hydrogen) atoms. The quantitative estimate of drug-likeness (QED) is 0.899. The first-order valence-corrected chi connectivity index (χ1v) is 8.71. The van der Waals surface area contributed by atoms with Crippen molar-refractivity contribution in [1.82, 2.24) is 5.32 Å². The number of benzene rings is 1. The summed E-state index contributed by atoms with van der Waals surface area (Å²) in [6, 6.07) is 7.17. The second-order valence-electron chi connectivity index (χ2n) is 7.18. The highest BCUT2D eigenvalue weighted by atomic mass is 16.5. The molecule has 3 heterocycles. The number of ether oxygens (including phenoxy) is 1. The van der Waals surface area contributed by atoms with Crippen LogP contribution in [0.15, 0.2) is 18.2 Å². The number of rotatable bonds is 3. The number of nitrogens with zero attached hydrogens (tertiary/aromatic N) is 1. The lowest BCUT2D eigenvalue weighted by Crippen LogP contribution is -2.39. The molecule has 5 nitrogen and oxygen atoms in total. The van der Waals surface area contributed by atoms with E-state index in [1.54, 1.807) is 0 Å². The van der Waals surface area contributed by atoms with Crippen molar-refractivity contribution >= 4 is 17.3 Å².